The van der Waals surface area contributed by atoms with Crippen LogP contribution in [-0.4, -0.2) is 40.1 Å². The third-order valence-electron chi connectivity index (χ3n) is 3.58. The molecule has 1 aliphatic heterocycles. The van der Waals surface area contributed by atoms with E-state index in [4.69, 9.17) is 4.74 Å². The number of nitrogens with one attached hydrogen (secondary N) is 2. The van der Waals surface area contributed by atoms with Gasteiger partial charge in [-0.25, -0.2) is 21.9 Å². The zero-order chi connectivity index (χ0) is 16.2. The summed E-state index contributed by atoms with van der Waals surface area (Å²) in [5.41, 5.74) is 0. The van der Waals surface area contributed by atoms with Crippen molar-refractivity contribution in [1.82, 2.24) is 10.0 Å². The fourth-order valence-corrected chi connectivity index (χ4v) is 3.70. The van der Waals surface area contributed by atoms with Gasteiger partial charge in [-0.15, -0.1) is 12.4 Å². The summed E-state index contributed by atoms with van der Waals surface area (Å²) in [6, 6.07) is 5.36. The molecule has 2 atom stereocenters. The molecule has 9 heteroatoms. The van der Waals surface area contributed by atoms with Gasteiger partial charge in [0.2, 0.25) is 10.0 Å². The Bertz CT molecular complexity index is 584. The molecule has 1 aromatic rings. The summed E-state index contributed by atoms with van der Waals surface area (Å²) in [6.07, 6.45) is -0.869. The van der Waals surface area contributed by atoms with Crippen LogP contribution in [0.3, 0.4) is 0 Å². The smallest absolute Gasteiger partial charge is 0.272 e. The third kappa shape index (κ3) is 5.87. The number of ether oxygens (including phenoxy) is 1. The Morgan fingerprint density at radius 3 is 2.57 bits per heavy atom. The van der Waals surface area contributed by atoms with Crippen LogP contribution in [0.4, 0.5) is 8.78 Å². The summed E-state index contributed by atoms with van der Waals surface area (Å²) in [5, 5.41) is 3.22. The molecule has 0 aromatic heterocycles. The second-order valence-electron chi connectivity index (χ2n) is 5.29. The fourth-order valence-electron chi connectivity index (χ4n) is 2.35. The van der Waals surface area contributed by atoms with Crippen LogP contribution in [0.25, 0.3) is 0 Å². The lowest BCUT2D eigenvalue weighted by atomic mass is 10.0. The number of hydrogen-bond acceptors (Lipinski definition) is 4. The molecule has 0 saturated carbocycles. The van der Waals surface area contributed by atoms with Crippen molar-refractivity contribution in [2.75, 3.05) is 13.2 Å². The van der Waals surface area contributed by atoms with Crippen LogP contribution in [0.5, 0.6) is 5.75 Å². The molecule has 1 saturated heterocycles. The van der Waals surface area contributed by atoms with Gasteiger partial charge >= 0.3 is 0 Å². The monoisotopic (exact) mass is 370 g/mol. The van der Waals surface area contributed by atoms with Crippen LogP contribution in [0.2, 0.25) is 0 Å². The molecular formula is C14H21ClF2N2O3S. The topological polar surface area (TPSA) is 67.4 Å². The Kier molecular flexibility index (Phi) is 7.66. The van der Waals surface area contributed by atoms with Crippen LogP contribution >= 0.6 is 12.4 Å². The van der Waals surface area contributed by atoms with E-state index in [1.165, 1.54) is 24.3 Å². The van der Waals surface area contributed by atoms with Gasteiger partial charge in [0, 0.05) is 12.1 Å². The van der Waals surface area contributed by atoms with E-state index in [1.807, 2.05) is 6.92 Å². The van der Waals surface area contributed by atoms with Crippen LogP contribution in [0.15, 0.2) is 29.2 Å². The molecule has 0 spiro atoms. The van der Waals surface area contributed by atoms with Gasteiger partial charge in [-0.2, -0.15) is 0 Å². The number of sulfonamides is 1. The van der Waals surface area contributed by atoms with E-state index in [0.717, 1.165) is 19.4 Å². The molecule has 0 aliphatic carbocycles. The average Bonchev–Trinajstić information content (AvgIpc) is 2.48. The van der Waals surface area contributed by atoms with Gasteiger partial charge in [0.1, 0.15) is 12.4 Å². The fraction of sp³-hybridized carbons (Fsp3) is 0.571. The van der Waals surface area contributed by atoms with E-state index in [9.17, 15) is 17.2 Å². The van der Waals surface area contributed by atoms with Gasteiger partial charge in [0.25, 0.3) is 6.43 Å². The first-order chi connectivity index (χ1) is 10.4. The number of rotatable bonds is 6. The van der Waals surface area contributed by atoms with Crippen molar-refractivity contribution in [3.8, 4) is 5.75 Å². The molecule has 0 amide bonds. The minimum Gasteiger partial charge on any atom is -0.488 e. The maximum Gasteiger partial charge on any atom is 0.272 e. The van der Waals surface area contributed by atoms with Crippen LogP contribution < -0.4 is 14.8 Å². The van der Waals surface area contributed by atoms with E-state index < -0.39 is 23.1 Å². The maximum atomic E-state index is 12.3. The predicted octanol–water partition coefficient (Wildman–Crippen LogP) is 2.17. The highest BCUT2D eigenvalue weighted by Crippen LogP contribution is 2.18. The molecule has 1 fully saturated rings. The molecule has 1 heterocycles. The van der Waals surface area contributed by atoms with Crippen LogP contribution in [0, 0.1) is 0 Å². The van der Waals surface area contributed by atoms with Crippen molar-refractivity contribution < 1.29 is 21.9 Å². The molecule has 2 rings (SSSR count). The lowest BCUT2D eigenvalue weighted by Crippen LogP contribution is -2.51. The van der Waals surface area contributed by atoms with Crippen molar-refractivity contribution in [2.24, 2.45) is 0 Å². The normalized spacial score (nSPS) is 21.7. The Morgan fingerprint density at radius 2 is 2.00 bits per heavy atom. The quantitative estimate of drug-likeness (QED) is 0.805. The summed E-state index contributed by atoms with van der Waals surface area (Å²) in [7, 11) is -3.63. The van der Waals surface area contributed by atoms with E-state index in [1.54, 1.807) is 0 Å². The molecule has 2 unspecified atom stereocenters. The first kappa shape index (κ1) is 20.1. The first-order valence-corrected chi connectivity index (χ1v) is 8.63. The van der Waals surface area contributed by atoms with Crippen molar-refractivity contribution in [1.29, 1.82) is 0 Å². The summed E-state index contributed by atoms with van der Waals surface area (Å²) in [6.45, 7) is 2.11. The largest absolute Gasteiger partial charge is 0.488 e. The number of halogens is 3. The Hall–Kier alpha value is -0.960. The Morgan fingerprint density at radius 1 is 1.35 bits per heavy atom. The number of hydrogen-bond donors (Lipinski definition) is 2. The summed E-state index contributed by atoms with van der Waals surface area (Å²) < 4.78 is 56.3. The standard InChI is InChI=1S/C14H20F2N2O3S.ClH/c1-10-13(3-2-8-17-10)18-22(19,20)12-6-4-11(5-7-12)21-9-14(15)16;/h4-7,10,13-14,17-18H,2-3,8-9H2,1H3;1H. The van der Waals surface area contributed by atoms with Gasteiger partial charge in [0.15, 0.2) is 0 Å². The van der Waals surface area contributed by atoms with Crippen LogP contribution in [0.1, 0.15) is 19.8 Å². The second kappa shape index (κ2) is 8.77. The molecule has 2 N–H and O–H groups in total. The third-order valence-corrected chi connectivity index (χ3v) is 5.08. The van der Waals surface area contributed by atoms with Gasteiger partial charge < -0.3 is 10.1 Å². The Balaban J connectivity index is 0.00000264. The highest BCUT2D eigenvalue weighted by atomic mass is 35.5. The molecule has 0 bridgehead atoms. The molecule has 5 nitrogen and oxygen atoms in total. The second-order valence-corrected chi connectivity index (χ2v) is 7.00. The van der Waals surface area contributed by atoms with Crippen molar-refractivity contribution in [2.45, 2.75) is 43.2 Å². The summed E-state index contributed by atoms with van der Waals surface area (Å²) in [5.74, 6) is 0.215. The summed E-state index contributed by atoms with van der Waals surface area (Å²) in [4.78, 5) is 0.0923. The van der Waals surface area contributed by atoms with Gasteiger partial charge in [-0.05, 0) is 50.6 Å². The van der Waals surface area contributed by atoms with E-state index >= 15 is 0 Å². The lowest BCUT2D eigenvalue weighted by molar-refractivity contribution is 0.0819. The van der Waals surface area contributed by atoms with Gasteiger partial charge in [-0.1, -0.05) is 0 Å². The van der Waals surface area contributed by atoms with Gasteiger partial charge in [-0.3, -0.25) is 0 Å². The minimum absolute atomic E-state index is 0. The zero-order valence-corrected chi connectivity index (χ0v) is 14.3. The number of alkyl halides is 2. The van der Waals surface area contributed by atoms with Crippen molar-refractivity contribution in [3.05, 3.63) is 24.3 Å². The predicted molar refractivity (Wildman–Crippen MR) is 86.0 cm³/mol. The number of benzene rings is 1. The SMILES string of the molecule is CC1NCCCC1NS(=O)(=O)c1ccc(OCC(F)F)cc1.Cl. The molecule has 1 aliphatic rings. The molecular weight excluding hydrogens is 350 g/mol. The maximum absolute atomic E-state index is 12.3. The summed E-state index contributed by atoms with van der Waals surface area (Å²) >= 11 is 0. The highest BCUT2D eigenvalue weighted by molar-refractivity contribution is 7.89. The van der Waals surface area contributed by atoms with Crippen molar-refractivity contribution in [3.63, 3.8) is 0 Å². The minimum atomic E-state index is -3.63. The van der Waals surface area contributed by atoms with E-state index in [0.29, 0.717) is 0 Å². The zero-order valence-electron chi connectivity index (χ0n) is 12.7. The van der Waals surface area contributed by atoms with Crippen molar-refractivity contribution >= 4 is 22.4 Å². The average molecular weight is 371 g/mol. The van der Waals surface area contributed by atoms with E-state index in [2.05, 4.69) is 10.0 Å². The highest BCUT2D eigenvalue weighted by Gasteiger charge is 2.26. The molecule has 1 aromatic carbocycles. The first-order valence-electron chi connectivity index (χ1n) is 7.15. The van der Waals surface area contributed by atoms with Gasteiger partial charge in [0.05, 0.1) is 4.90 Å². The Labute approximate surface area is 141 Å². The van der Waals surface area contributed by atoms with E-state index in [-0.39, 0.29) is 35.1 Å². The lowest BCUT2D eigenvalue weighted by Gasteiger charge is -2.30. The van der Waals surface area contributed by atoms with Crippen LogP contribution in [-0.2, 0) is 10.0 Å². The number of piperidine rings is 1. The molecule has 132 valence electrons. The molecule has 23 heavy (non-hydrogen) atoms. The molecule has 0 radical (unpaired) electrons.